The Balaban J connectivity index is 1.60. The molecule has 2 aliphatic rings. The lowest BCUT2D eigenvalue weighted by molar-refractivity contribution is 0.0428. The molecule has 22 heavy (non-hydrogen) atoms. The van der Waals surface area contributed by atoms with Gasteiger partial charge in [-0.15, -0.1) is 0 Å². The van der Waals surface area contributed by atoms with E-state index in [4.69, 9.17) is 16.3 Å². The van der Waals surface area contributed by atoms with Crippen LogP contribution in [-0.4, -0.2) is 68.3 Å². The maximum Gasteiger partial charge on any atom is 0.320 e. The molecular formula is C16H22ClN3O2. The Kier molecular flexibility index (Phi) is 4.74. The van der Waals surface area contributed by atoms with Gasteiger partial charge in [0, 0.05) is 50.0 Å². The summed E-state index contributed by atoms with van der Waals surface area (Å²) in [6, 6.07) is 6.11. The zero-order valence-corrected chi connectivity index (χ0v) is 13.7. The highest BCUT2D eigenvalue weighted by molar-refractivity contribution is 6.30. The fraction of sp³-hybridized carbons (Fsp3) is 0.562. The van der Waals surface area contributed by atoms with Crippen molar-refractivity contribution in [1.82, 2.24) is 9.80 Å². The molecule has 0 N–H and O–H groups in total. The first-order valence-electron chi connectivity index (χ1n) is 7.78. The van der Waals surface area contributed by atoms with Crippen LogP contribution in [0.3, 0.4) is 0 Å². The van der Waals surface area contributed by atoms with E-state index < -0.39 is 0 Å². The average Bonchev–Trinajstić information content (AvgIpc) is 2.57. The third-order valence-corrected chi connectivity index (χ3v) is 4.58. The van der Waals surface area contributed by atoms with Crippen LogP contribution in [0.2, 0.25) is 5.02 Å². The van der Waals surface area contributed by atoms with Crippen molar-refractivity contribution in [3.63, 3.8) is 0 Å². The summed E-state index contributed by atoms with van der Waals surface area (Å²) < 4.78 is 5.30. The second-order valence-corrected chi connectivity index (χ2v) is 6.22. The number of amides is 2. The van der Waals surface area contributed by atoms with Crippen LogP contribution in [0.25, 0.3) is 0 Å². The molecule has 2 amide bonds. The normalized spacial score (nSPS) is 19.5. The number of ether oxygens (including phenoxy) is 1. The van der Waals surface area contributed by atoms with Crippen LogP contribution >= 0.6 is 11.6 Å². The number of nitrogens with zero attached hydrogens (tertiary/aromatic N) is 3. The summed E-state index contributed by atoms with van der Waals surface area (Å²) in [6.07, 6.45) is 0. The molecule has 2 saturated heterocycles. The topological polar surface area (TPSA) is 36.0 Å². The highest BCUT2D eigenvalue weighted by atomic mass is 35.5. The van der Waals surface area contributed by atoms with Gasteiger partial charge in [-0.1, -0.05) is 17.7 Å². The van der Waals surface area contributed by atoms with Crippen LogP contribution in [0.15, 0.2) is 18.2 Å². The van der Waals surface area contributed by atoms with Gasteiger partial charge in [0.1, 0.15) is 0 Å². The third-order valence-electron chi connectivity index (χ3n) is 4.34. The molecule has 2 aliphatic heterocycles. The smallest absolute Gasteiger partial charge is 0.320 e. The number of piperazine rings is 1. The largest absolute Gasteiger partial charge is 0.378 e. The molecule has 6 heteroatoms. The Hall–Kier alpha value is -1.46. The van der Waals surface area contributed by atoms with Crippen molar-refractivity contribution in [2.45, 2.75) is 6.92 Å². The number of morpholine rings is 1. The number of aryl methyl sites for hydroxylation is 1. The fourth-order valence-corrected chi connectivity index (χ4v) is 3.18. The Bertz CT molecular complexity index is 538. The summed E-state index contributed by atoms with van der Waals surface area (Å²) >= 11 is 6.11. The summed E-state index contributed by atoms with van der Waals surface area (Å²) in [5, 5.41) is 0.757. The predicted molar refractivity (Wildman–Crippen MR) is 87.8 cm³/mol. The second-order valence-electron chi connectivity index (χ2n) is 5.79. The molecule has 1 aromatic rings. The highest BCUT2D eigenvalue weighted by Crippen LogP contribution is 2.25. The zero-order chi connectivity index (χ0) is 15.5. The van der Waals surface area contributed by atoms with Gasteiger partial charge in [-0.05, 0) is 24.6 Å². The summed E-state index contributed by atoms with van der Waals surface area (Å²) in [6.45, 7) is 7.98. The third kappa shape index (κ3) is 3.31. The van der Waals surface area contributed by atoms with E-state index in [0.717, 1.165) is 31.2 Å². The van der Waals surface area contributed by atoms with Crippen molar-refractivity contribution in [3.05, 3.63) is 28.8 Å². The predicted octanol–water partition coefficient (Wildman–Crippen LogP) is 2.22. The van der Waals surface area contributed by atoms with Crippen LogP contribution in [-0.2, 0) is 4.74 Å². The molecule has 0 aliphatic carbocycles. The molecule has 5 nitrogen and oxygen atoms in total. The van der Waals surface area contributed by atoms with Crippen molar-refractivity contribution in [2.75, 3.05) is 57.4 Å². The lowest BCUT2D eigenvalue weighted by Gasteiger charge is -2.39. The van der Waals surface area contributed by atoms with Gasteiger partial charge in [-0.2, -0.15) is 0 Å². The molecule has 0 bridgehead atoms. The van der Waals surface area contributed by atoms with Crippen LogP contribution in [0, 0.1) is 6.92 Å². The summed E-state index contributed by atoms with van der Waals surface area (Å²) in [7, 11) is 0. The van der Waals surface area contributed by atoms with Gasteiger partial charge in [-0.25, -0.2) is 4.79 Å². The fourth-order valence-electron chi connectivity index (χ4n) is 3.02. The van der Waals surface area contributed by atoms with Crippen molar-refractivity contribution in [1.29, 1.82) is 0 Å². The minimum Gasteiger partial charge on any atom is -0.378 e. The van der Waals surface area contributed by atoms with Crippen LogP contribution in [0.1, 0.15) is 5.56 Å². The van der Waals surface area contributed by atoms with Crippen LogP contribution in [0.5, 0.6) is 0 Å². The van der Waals surface area contributed by atoms with E-state index in [2.05, 4.69) is 11.8 Å². The molecule has 2 heterocycles. The van der Waals surface area contributed by atoms with Gasteiger partial charge >= 0.3 is 6.03 Å². The van der Waals surface area contributed by atoms with Gasteiger partial charge in [0.25, 0.3) is 0 Å². The summed E-state index contributed by atoms with van der Waals surface area (Å²) in [5.74, 6) is 0. The number of benzene rings is 1. The molecule has 0 saturated carbocycles. The monoisotopic (exact) mass is 323 g/mol. The van der Waals surface area contributed by atoms with Crippen molar-refractivity contribution in [2.24, 2.45) is 0 Å². The molecule has 2 fully saturated rings. The standard InChI is InChI=1S/C16H22ClN3O2/c1-13-2-3-14(17)12-15(13)18-4-6-19(7-5-18)16(21)20-8-10-22-11-9-20/h2-3,12H,4-11H2,1H3. The minimum atomic E-state index is 0.144. The van der Waals surface area contributed by atoms with E-state index in [-0.39, 0.29) is 6.03 Å². The molecule has 0 aromatic heterocycles. The van der Waals surface area contributed by atoms with E-state index in [9.17, 15) is 4.79 Å². The Morgan fingerprint density at radius 3 is 2.36 bits per heavy atom. The van der Waals surface area contributed by atoms with E-state index in [1.54, 1.807) is 0 Å². The first-order valence-corrected chi connectivity index (χ1v) is 8.15. The lowest BCUT2D eigenvalue weighted by atomic mass is 10.1. The Morgan fingerprint density at radius 1 is 1.05 bits per heavy atom. The summed E-state index contributed by atoms with van der Waals surface area (Å²) in [5.41, 5.74) is 2.39. The average molecular weight is 324 g/mol. The van der Waals surface area contributed by atoms with Gasteiger partial charge in [-0.3, -0.25) is 0 Å². The van der Waals surface area contributed by atoms with Crippen LogP contribution < -0.4 is 4.90 Å². The molecule has 1 aromatic carbocycles. The van der Waals surface area contributed by atoms with E-state index >= 15 is 0 Å². The van der Waals surface area contributed by atoms with E-state index in [1.165, 1.54) is 11.3 Å². The van der Waals surface area contributed by atoms with E-state index in [0.29, 0.717) is 26.3 Å². The molecule has 120 valence electrons. The molecule has 0 spiro atoms. The number of hydrogen-bond acceptors (Lipinski definition) is 3. The first kappa shape index (κ1) is 15.4. The van der Waals surface area contributed by atoms with Gasteiger partial charge in [0.15, 0.2) is 0 Å². The van der Waals surface area contributed by atoms with Gasteiger partial charge in [0.2, 0.25) is 0 Å². The quantitative estimate of drug-likeness (QED) is 0.795. The van der Waals surface area contributed by atoms with Crippen molar-refractivity contribution >= 4 is 23.3 Å². The van der Waals surface area contributed by atoms with Gasteiger partial charge in [0.05, 0.1) is 13.2 Å². The Morgan fingerprint density at radius 2 is 1.68 bits per heavy atom. The zero-order valence-electron chi connectivity index (χ0n) is 12.9. The number of carbonyl (C=O) groups is 1. The second kappa shape index (κ2) is 6.75. The van der Waals surface area contributed by atoms with E-state index in [1.807, 2.05) is 28.0 Å². The van der Waals surface area contributed by atoms with Gasteiger partial charge < -0.3 is 19.4 Å². The number of carbonyl (C=O) groups excluding carboxylic acids is 1. The molecule has 0 unspecified atom stereocenters. The molecule has 0 atom stereocenters. The first-order chi connectivity index (χ1) is 10.6. The number of anilines is 1. The molecular weight excluding hydrogens is 302 g/mol. The maximum atomic E-state index is 12.5. The summed E-state index contributed by atoms with van der Waals surface area (Å²) in [4.78, 5) is 18.6. The number of rotatable bonds is 1. The Labute approximate surface area is 136 Å². The number of urea groups is 1. The molecule has 0 radical (unpaired) electrons. The maximum absolute atomic E-state index is 12.5. The molecule has 3 rings (SSSR count). The SMILES string of the molecule is Cc1ccc(Cl)cc1N1CCN(C(=O)N2CCOCC2)CC1. The van der Waals surface area contributed by atoms with Crippen molar-refractivity contribution in [3.8, 4) is 0 Å². The minimum absolute atomic E-state index is 0.144. The van der Waals surface area contributed by atoms with Crippen molar-refractivity contribution < 1.29 is 9.53 Å². The highest BCUT2D eigenvalue weighted by Gasteiger charge is 2.26. The number of hydrogen-bond donors (Lipinski definition) is 0. The lowest BCUT2D eigenvalue weighted by Crippen LogP contribution is -2.54. The van der Waals surface area contributed by atoms with Crippen LogP contribution in [0.4, 0.5) is 10.5 Å². The number of halogens is 1.